The fourth-order valence-electron chi connectivity index (χ4n) is 1.49. The highest BCUT2D eigenvalue weighted by Crippen LogP contribution is 2.36. The van der Waals surface area contributed by atoms with Crippen LogP contribution in [0.5, 0.6) is 0 Å². The summed E-state index contributed by atoms with van der Waals surface area (Å²) in [7, 11) is -4.40. The Kier molecular flexibility index (Phi) is 5.89. The van der Waals surface area contributed by atoms with Gasteiger partial charge in [0.25, 0.3) is 0 Å². The fraction of sp³-hybridized carbons (Fsp3) is 1.00. The standard InChI is InChI=1S/C9H19O6P/c1-2-3-4-5-9-13-6-8(15-9)7-14-16(10,11)12/h8-9H,2-7H2,1H3,(H2,10,11,12). The van der Waals surface area contributed by atoms with Gasteiger partial charge in [-0.15, -0.1) is 0 Å². The largest absolute Gasteiger partial charge is 0.469 e. The quantitative estimate of drug-likeness (QED) is 0.528. The van der Waals surface area contributed by atoms with E-state index < -0.39 is 7.82 Å². The van der Waals surface area contributed by atoms with Crippen LogP contribution in [0.4, 0.5) is 0 Å². The van der Waals surface area contributed by atoms with Crippen LogP contribution in [0.25, 0.3) is 0 Å². The Morgan fingerprint density at radius 3 is 2.81 bits per heavy atom. The van der Waals surface area contributed by atoms with E-state index in [1.807, 2.05) is 0 Å². The molecule has 16 heavy (non-hydrogen) atoms. The SMILES string of the molecule is CCCCCC1OCC(COP(=O)(O)O)O1. The third-order valence-electron chi connectivity index (χ3n) is 2.28. The first-order chi connectivity index (χ1) is 7.51. The van der Waals surface area contributed by atoms with Crippen molar-refractivity contribution in [1.29, 1.82) is 0 Å². The number of unbranched alkanes of at least 4 members (excludes halogenated alkanes) is 2. The van der Waals surface area contributed by atoms with Crippen LogP contribution in [0.15, 0.2) is 0 Å². The molecule has 0 aromatic carbocycles. The van der Waals surface area contributed by atoms with Crippen LogP contribution in [-0.2, 0) is 18.6 Å². The molecule has 0 spiro atoms. The average Bonchev–Trinajstić information content (AvgIpc) is 2.62. The third-order valence-corrected chi connectivity index (χ3v) is 2.77. The van der Waals surface area contributed by atoms with Crippen molar-refractivity contribution in [3.63, 3.8) is 0 Å². The fourth-order valence-corrected chi connectivity index (χ4v) is 1.85. The molecule has 1 fully saturated rings. The molecule has 0 aromatic heterocycles. The molecule has 2 unspecified atom stereocenters. The predicted octanol–water partition coefficient (Wildman–Crippen LogP) is 1.42. The summed E-state index contributed by atoms with van der Waals surface area (Å²) in [5.41, 5.74) is 0. The van der Waals surface area contributed by atoms with E-state index in [2.05, 4.69) is 11.4 Å². The predicted molar refractivity (Wildman–Crippen MR) is 56.8 cm³/mol. The van der Waals surface area contributed by atoms with E-state index in [-0.39, 0.29) is 19.0 Å². The number of hydrogen-bond donors (Lipinski definition) is 2. The Bertz CT molecular complexity index is 240. The lowest BCUT2D eigenvalue weighted by molar-refractivity contribution is -0.0697. The molecule has 2 atom stereocenters. The minimum atomic E-state index is -4.40. The topological polar surface area (TPSA) is 85.2 Å². The lowest BCUT2D eigenvalue weighted by Crippen LogP contribution is -2.18. The van der Waals surface area contributed by atoms with Gasteiger partial charge in [-0.2, -0.15) is 0 Å². The van der Waals surface area contributed by atoms with Crippen molar-refractivity contribution in [3.05, 3.63) is 0 Å². The number of ether oxygens (including phenoxy) is 2. The highest BCUT2D eigenvalue weighted by atomic mass is 31.2. The van der Waals surface area contributed by atoms with Crippen molar-refractivity contribution in [1.82, 2.24) is 0 Å². The number of rotatable bonds is 7. The molecule has 2 N–H and O–H groups in total. The molecule has 0 aliphatic carbocycles. The maximum Gasteiger partial charge on any atom is 0.469 e. The molecular formula is C9H19O6P. The molecule has 0 bridgehead atoms. The zero-order chi connectivity index (χ0) is 12.0. The summed E-state index contributed by atoms with van der Waals surface area (Å²) < 4.78 is 25.5. The molecule has 96 valence electrons. The van der Waals surface area contributed by atoms with Crippen molar-refractivity contribution in [2.45, 2.75) is 45.0 Å². The van der Waals surface area contributed by atoms with Crippen LogP contribution in [0.2, 0.25) is 0 Å². The minimum absolute atomic E-state index is 0.130. The molecule has 0 saturated carbocycles. The molecule has 1 aliphatic heterocycles. The van der Waals surface area contributed by atoms with E-state index >= 15 is 0 Å². The minimum Gasteiger partial charge on any atom is -0.350 e. The molecular weight excluding hydrogens is 235 g/mol. The maximum atomic E-state index is 10.5. The zero-order valence-electron chi connectivity index (χ0n) is 9.37. The Balaban J connectivity index is 2.12. The first kappa shape index (κ1) is 14.1. The summed E-state index contributed by atoms with van der Waals surface area (Å²) in [5.74, 6) is 0. The lowest BCUT2D eigenvalue weighted by Gasteiger charge is -2.11. The normalized spacial score (nSPS) is 26.2. The molecule has 0 amide bonds. The Morgan fingerprint density at radius 2 is 2.19 bits per heavy atom. The molecule has 0 radical (unpaired) electrons. The number of phosphoric acid groups is 1. The third kappa shape index (κ3) is 5.94. The highest BCUT2D eigenvalue weighted by Gasteiger charge is 2.28. The van der Waals surface area contributed by atoms with Gasteiger partial charge in [-0.3, -0.25) is 4.52 Å². The summed E-state index contributed by atoms with van der Waals surface area (Å²) in [5, 5.41) is 0. The van der Waals surface area contributed by atoms with Gasteiger partial charge in [0.05, 0.1) is 13.2 Å². The van der Waals surface area contributed by atoms with Gasteiger partial charge in [0.2, 0.25) is 0 Å². The number of hydrogen-bond acceptors (Lipinski definition) is 4. The van der Waals surface area contributed by atoms with Gasteiger partial charge in [-0.1, -0.05) is 19.8 Å². The van der Waals surface area contributed by atoms with Crippen LogP contribution in [0, 0.1) is 0 Å². The van der Waals surface area contributed by atoms with Crippen molar-refractivity contribution in [2.75, 3.05) is 13.2 Å². The molecule has 0 aromatic rings. The van der Waals surface area contributed by atoms with E-state index in [0.29, 0.717) is 6.61 Å². The van der Waals surface area contributed by atoms with Crippen molar-refractivity contribution < 1.29 is 28.3 Å². The highest BCUT2D eigenvalue weighted by molar-refractivity contribution is 7.46. The van der Waals surface area contributed by atoms with E-state index in [1.165, 1.54) is 0 Å². The van der Waals surface area contributed by atoms with Gasteiger partial charge in [0.15, 0.2) is 6.29 Å². The van der Waals surface area contributed by atoms with Crippen molar-refractivity contribution in [3.8, 4) is 0 Å². The molecule has 6 nitrogen and oxygen atoms in total. The Morgan fingerprint density at radius 1 is 1.44 bits per heavy atom. The summed E-state index contributed by atoms with van der Waals surface area (Å²) in [6.07, 6.45) is 3.49. The summed E-state index contributed by atoms with van der Waals surface area (Å²) >= 11 is 0. The van der Waals surface area contributed by atoms with Gasteiger partial charge in [-0.05, 0) is 12.8 Å². The van der Waals surface area contributed by atoms with E-state index in [9.17, 15) is 4.57 Å². The number of phosphoric ester groups is 1. The summed E-state index contributed by atoms with van der Waals surface area (Å²) in [6.45, 7) is 2.32. The molecule has 1 saturated heterocycles. The van der Waals surface area contributed by atoms with Crippen molar-refractivity contribution >= 4 is 7.82 Å². The van der Waals surface area contributed by atoms with Gasteiger partial charge >= 0.3 is 7.82 Å². The van der Waals surface area contributed by atoms with Crippen molar-refractivity contribution in [2.24, 2.45) is 0 Å². The molecule has 1 rings (SSSR count). The molecule has 1 aliphatic rings. The van der Waals surface area contributed by atoms with Gasteiger partial charge in [0, 0.05) is 0 Å². The smallest absolute Gasteiger partial charge is 0.350 e. The molecule has 7 heteroatoms. The Hall–Kier alpha value is 0.0300. The summed E-state index contributed by atoms with van der Waals surface area (Å²) in [6, 6.07) is 0. The van der Waals surface area contributed by atoms with Crippen LogP contribution >= 0.6 is 7.82 Å². The van der Waals surface area contributed by atoms with Gasteiger partial charge < -0.3 is 19.3 Å². The van der Waals surface area contributed by atoms with E-state index in [1.54, 1.807) is 0 Å². The van der Waals surface area contributed by atoms with Crippen LogP contribution < -0.4 is 0 Å². The summed E-state index contributed by atoms with van der Waals surface area (Å²) in [4.78, 5) is 17.0. The average molecular weight is 254 g/mol. The van der Waals surface area contributed by atoms with E-state index in [0.717, 1.165) is 25.7 Å². The Labute approximate surface area is 95.1 Å². The second kappa shape index (κ2) is 6.69. The first-order valence-corrected chi connectivity index (χ1v) is 7.01. The second-order valence-corrected chi connectivity index (χ2v) is 5.04. The van der Waals surface area contributed by atoms with Crippen LogP contribution in [0.3, 0.4) is 0 Å². The molecule has 1 heterocycles. The second-order valence-electron chi connectivity index (χ2n) is 3.80. The van der Waals surface area contributed by atoms with Gasteiger partial charge in [-0.25, -0.2) is 4.57 Å². The lowest BCUT2D eigenvalue weighted by atomic mass is 10.2. The first-order valence-electron chi connectivity index (χ1n) is 5.48. The van der Waals surface area contributed by atoms with Crippen LogP contribution in [-0.4, -0.2) is 35.4 Å². The van der Waals surface area contributed by atoms with E-state index in [4.69, 9.17) is 19.3 Å². The van der Waals surface area contributed by atoms with Crippen LogP contribution in [0.1, 0.15) is 32.6 Å². The zero-order valence-corrected chi connectivity index (χ0v) is 10.3. The maximum absolute atomic E-state index is 10.5. The van der Waals surface area contributed by atoms with Gasteiger partial charge in [0.1, 0.15) is 6.10 Å². The monoisotopic (exact) mass is 254 g/mol.